The molecule has 3 aromatic carbocycles. The van der Waals surface area contributed by atoms with Crippen molar-refractivity contribution >= 4 is 46.5 Å². The smallest absolute Gasteiger partial charge is 0.230 e. The van der Waals surface area contributed by atoms with Crippen LogP contribution in [-0.4, -0.2) is 26.1 Å². The molecule has 1 amide bonds. The summed E-state index contributed by atoms with van der Waals surface area (Å²) in [5.41, 5.74) is 2.29. The molecule has 0 aliphatic heterocycles. The van der Waals surface area contributed by atoms with Crippen LogP contribution in [0.4, 0.5) is 26.1 Å². The molecule has 0 bridgehead atoms. The van der Waals surface area contributed by atoms with Gasteiger partial charge in [-0.25, -0.2) is 18.7 Å². The second-order valence-electron chi connectivity index (χ2n) is 7.94. The van der Waals surface area contributed by atoms with E-state index in [9.17, 15) is 13.6 Å². The van der Waals surface area contributed by atoms with Crippen LogP contribution < -0.4 is 15.4 Å². The van der Waals surface area contributed by atoms with Gasteiger partial charge in [0, 0.05) is 28.9 Å². The maximum absolute atomic E-state index is 14.8. The van der Waals surface area contributed by atoms with Gasteiger partial charge in [0.15, 0.2) is 17.4 Å². The van der Waals surface area contributed by atoms with Gasteiger partial charge in [-0.3, -0.25) is 9.89 Å². The Morgan fingerprint density at radius 3 is 2.62 bits per heavy atom. The first-order chi connectivity index (χ1) is 17.5. The molecule has 11 heteroatoms. The molecule has 0 unspecified atom stereocenters. The second-order valence-corrected chi connectivity index (χ2v) is 7.94. The molecule has 2 aromatic heterocycles. The number of nitrogens with one attached hydrogen (secondary N) is 3. The van der Waals surface area contributed by atoms with Crippen molar-refractivity contribution in [3.8, 4) is 5.75 Å². The molecule has 3 N–H and O–H groups in total. The number of benzene rings is 3. The van der Waals surface area contributed by atoms with Crippen LogP contribution >= 0.6 is 12.4 Å². The van der Waals surface area contributed by atoms with Crippen molar-refractivity contribution < 1.29 is 18.3 Å². The zero-order chi connectivity index (χ0) is 24.9. The van der Waals surface area contributed by atoms with Gasteiger partial charge < -0.3 is 15.4 Å². The van der Waals surface area contributed by atoms with E-state index in [0.717, 1.165) is 5.56 Å². The molecule has 8 nitrogen and oxygen atoms in total. The summed E-state index contributed by atoms with van der Waals surface area (Å²) in [5.74, 6) is -0.517. The van der Waals surface area contributed by atoms with Crippen LogP contribution in [0, 0.1) is 11.6 Å². The SMILES string of the molecule is Cl.O=C(Cc1cc(Nc2ncnc3cc(OCc4ccccc4)c(F)cc23)n[nH]1)Nc1cccc(F)c1. The van der Waals surface area contributed by atoms with E-state index >= 15 is 0 Å². The number of aromatic nitrogens is 4. The minimum absolute atomic E-state index is 0. The van der Waals surface area contributed by atoms with Crippen LogP contribution in [0.25, 0.3) is 10.9 Å². The molecule has 0 saturated carbocycles. The molecular formula is C26H21ClF2N6O2. The van der Waals surface area contributed by atoms with E-state index in [0.29, 0.717) is 33.9 Å². The van der Waals surface area contributed by atoms with Gasteiger partial charge in [-0.2, -0.15) is 5.10 Å². The Labute approximate surface area is 216 Å². The average Bonchev–Trinajstić information content (AvgIpc) is 3.30. The van der Waals surface area contributed by atoms with Crippen LogP contribution in [0.3, 0.4) is 0 Å². The van der Waals surface area contributed by atoms with E-state index in [1.54, 1.807) is 12.1 Å². The van der Waals surface area contributed by atoms with Gasteiger partial charge in [0.1, 0.15) is 24.6 Å². The van der Waals surface area contributed by atoms with Gasteiger partial charge in [-0.1, -0.05) is 36.4 Å². The zero-order valence-corrected chi connectivity index (χ0v) is 20.1. The van der Waals surface area contributed by atoms with Crippen molar-refractivity contribution in [1.82, 2.24) is 20.2 Å². The fraction of sp³-hybridized carbons (Fsp3) is 0.0769. The number of carbonyl (C=O) groups is 1. The number of halogens is 3. The Bertz CT molecular complexity index is 1530. The van der Waals surface area contributed by atoms with Gasteiger partial charge in [0.25, 0.3) is 0 Å². The lowest BCUT2D eigenvalue weighted by Crippen LogP contribution is -2.14. The van der Waals surface area contributed by atoms with Crippen LogP contribution in [0.5, 0.6) is 5.75 Å². The number of H-pyrrole nitrogens is 1. The maximum atomic E-state index is 14.8. The van der Waals surface area contributed by atoms with Crippen molar-refractivity contribution in [2.24, 2.45) is 0 Å². The van der Waals surface area contributed by atoms with E-state index in [4.69, 9.17) is 4.74 Å². The molecule has 37 heavy (non-hydrogen) atoms. The van der Waals surface area contributed by atoms with Crippen molar-refractivity contribution in [2.75, 3.05) is 10.6 Å². The van der Waals surface area contributed by atoms with Gasteiger partial charge in [-0.05, 0) is 29.8 Å². The molecule has 0 radical (unpaired) electrons. The number of hydrogen-bond donors (Lipinski definition) is 3. The van der Waals surface area contributed by atoms with Gasteiger partial charge in [-0.15, -0.1) is 12.4 Å². The Hall–Kier alpha value is -4.57. The number of rotatable bonds is 8. The number of ether oxygens (including phenoxy) is 1. The largest absolute Gasteiger partial charge is 0.486 e. The zero-order valence-electron chi connectivity index (χ0n) is 19.2. The number of anilines is 3. The lowest BCUT2D eigenvalue weighted by atomic mass is 10.2. The lowest BCUT2D eigenvalue weighted by Gasteiger charge is -2.10. The highest BCUT2D eigenvalue weighted by atomic mass is 35.5. The molecule has 188 valence electrons. The monoisotopic (exact) mass is 522 g/mol. The molecule has 0 aliphatic carbocycles. The fourth-order valence-electron chi connectivity index (χ4n) is 3.58. The minimum atomic E-state index is -0.548. The van der Waals surface area contributed by atoms with Crippen LogP contribution in [0.2, 0.25) is 0 Å². The Morgan fingerprint density at radius 1 is 0.973 bits per heavy atom. The molecule has 0 aliphatic rings. The molecular weight excluding hydrogens is 502 g/mol. The molecule has 0 atom stereocenters. The Morgan fingerprint density at radius 2 is 1.81 bits per heavy atom. The first-order valence-electron chi connectivity index (χ1n) is 11.0. The summed E-state index contributed by atoms with van der Waals surface area (Å²) in [5, 5.41) is 13.0. The van der Waals surface area contributed by atoms with Gasteiger partial charge in [0.05, 0.1) is 11.9 Å². The number of aromatic amines is 1. The number of carbonyl (C=O) groups excluding carboxylic acids is 1. The summed E-state index contributed by atoms with van der Waals surface area (Å²) in [6.07, 6.45) is 1.34. The second kappa shape index (κ2) is 11.4. The van der Waals surface area contributed by atoms with E-state index < -0.39 is 11.6 Å². The summed E-state index contributed by atoms with van der Waals surface area (Å²) in [4.78, 5) is 20.7. The van der Waals surface area contributed by atoms with E-state index in [-0.39, 0.29) is 37.1 Å². The van der Waals surface area contributed by atoms with E-state index in [1.165, 1.54) is 36.7 Å². The van der Waals surface area contributed by atoms with Crippen LogP contribution in [0.1, 0.15) is 11.3 Å². The topological polar surface area (TPSA) is 105 Å². The summed E-state index contributed by atoms with van der Waals surface area (Å²) < 4.78 is 33.7. The third kappa shape index (κ3) is 6.36. The highest BCUT2D eigenvalue weighted by Gasteiger charge is 2.13. The number of nitrogens with zero attached hydrogens (tertiary/aromatic N) is 3. The average molecular weight is 523 g/mol. The molecule has 0 fully saturated rings. The first-order valence-corrected chi connectivity index (χ1v) is 11.0. The molecule has 5 rings (SSSR count). The number of amides is 1. The van der Waals surface area contributed by atoms with Crippen molar-refractivity contribution in [1.29, 1.82) is 0 Å². The quantitative estimate of drug-likeness (QED) is 0.246. The van der Waals surface area contributed by atoms with E-state index in [2.05, 4.69) is 30.8 Å². The van der Waals surface area contributed by atoms with Crippen molar-refractivity contribution in [3.05, 3.63) is 102 Å². The van der Waals surface area contributed by atoms with Crippen molar-refractivity contribution in [3.63, 3.8) is 0 Å². The standard InChI is InChI=1S/C26H20F2N6O2.ClH/c27-17-7-4-8-18(9-17)31-25(35)11-19-10-24(34-33-19)32-26-20-12-21(28)23(13-22(20)29-15-30-26)36-14-16-5-2-1-3-6-16;/h1-10,12-13,15H,11,14H2,(H,31,35)(H2,29,30,32,33,34);1H. The summed E-state index contributed by atoms with van der Waals surface area (Å²) in [6, 6.07) is 19.6. The number of hydrogen-bond acceptors (Lipinski definition) is 6. The third-order valence-electron chi connectivity index (χ3n) is 5.26. The minimum Gasteiger partial charge on any atom is -0.486 e. The summed E-state index contributed by atoms with van der Waals surface area (Å²) >= 11 is 0. The van der Waals surface area contributed by atoms with Crippen molar-refractivity contribution in [2.45, 2.75) is 13.0 Å². The fourth-order valence-corrected chi connectivity index (χ4v) is 3.58. The summed E-state index contributed by atoms with van der Waals surface area (Å²) in [7, 11) is 0. The lowest BCUT2D eigenvalue weighted by molar-refractivity contribution is -0.115. The third-order valence-corrected chi connectivity index (χ3v) is 5.26. The molecule has 2 heterocycles. The maximum Gasteiger partial charge on any atom is 0.230 e. The molecule has 0 saturated heterocycles. The predicted molar refractivity (Wildman–Crippen MR) is 138 cm³/mol. The predicted octanol–water partition coefficient (Wildman–Crippen LogP) is 5.56. The highest BCUT2D eigenvalue weighted by Crippen LogP contribution is 2.29. The molecule has 5 aromatic rings. The summed E-state index contributed by atoms with van der Waals surface area (Å²) in [6.45, 7) is 0.224. The number of fused-ring (bicyclic) bond motifs is 1. The van der Waals surface area contributed by atoms with Gasteiger partial charge >= 0.3 is 0 Å². The van der Waals surface area contributed by atoms with Crippen LogP contribution in [-0.2, 0) is 17.8 Å². The van der Waals surface area contributed by atoms with Crippen LogP contribution in [0.15, 0.2) is 79.1 Å². The van der Waals surface area contributed by atoms with Gasteiger partial charge in [0.2, 0.25) is 5.91 Å². The Kier molecular flexibility index (Phi) is 7.89. The first kappa shape index (κ1) is 25.5. The molecule has 0 spiro atoms. The highest BCUT2D eigenvalue weighted by molar-refractivity contribution is 5.93. The Balaban J connectivity index is 0.00000320. The van der Waals surface area contributed by atoms with E-state index in [1.807, 2.05) is 30.3 Å². The normalized spacial score (nSPS) is 10.5.